The van der Waals surface area contributed by atoms with E-state index in [1.807, 2.05) is 4.57 Å². The highest BCUT2D eigenvalue weighted by Crippen LogP contribution is 2.37. The van der Waals surface area contributed by atoms with E-state index in [1.165, 1.54) is 37.8 Å². The Balaban J connectivity index is 1.56. The molecule has 1 aromatic carbocycles. The quantitative estimate of drug-likeness (QED) is 0.578. The Morgan fingerprint density at radius 1 is 1.15 bits per heavy atom. The van der Waals surface area contributed by atoms with Gasteiger partial charge in [-0.1, -0.05) is 13.8 Å². The average Bonchev–Trinajstić information content (AvgIpc) is 3.09. The van der Waals surface area contributed by atoms with Crippen molar-refractivity contribution in [1.29, 1.82) is 5.41 Å². The molecular formula is C24H35FN4O3S. The summed E-state index contributed by atoms with van der Waals surface area (Å²) in [4.78, 5) is 2.61. The minimum Gasteiger partial charge on any atom is -0.339 e. The highest BCUT2D eigenvalue weighted by molar-refractivity contribution is 7.84. The van der Waals surface area contributed by atoms with Crippen molar-refractivity contribution in [3.63, 3.8) is 0 Å². The molecule has 1 aliphatic carbocycles. The van der Waals surface area contributed by atoms with Crippen LogP contribution in [-0.2, 0) is 21.1 Å². The zero-order chi connectivity index (χ0) is 23.8. The Morgan fingerprint density at radius 2 is 1.82 bits per heavy atom. The smallest absolute Gasteiger partial charge is 0.333 e. The minimum atomic E-state index is -4.15. The zero-order valence-corrected chi connectivity index (χ0v) is 20.3. The molecule has 4 rings (SSSR count). The molecule has 2 fully saturated rings. The molecule has 3 N–H and O–H groups in total. The van der Waals surface area contributed by atoms with Crippen LogP contribution in [0.4, 0.5) is 4.39 Å². The first kappa shape index (κ1) is 24.3. The fourth-order valence-corrected chi connectivity index (χ4v) is 6.15. The Bertz CT molecular complexity index is 1100. The number of fused-ring (bicyclic) bond motifs is 1. The normalized spacial score (nSPS) is 23.4. The highest BCUT2D eigenvalue weighted by Gasteiger charge is 2.32. The van der Waals surface area contributed by atoms with Crippen molar-refractivity contribution in [1.82, 2.24) is 9.47 Å². The second-order valence-corrected chi connectivity index (χ2v) is 11.1. The molecule has 0 radical (unpaired) electrons. The fraction of sp³-hybridized carbons (Fsp3) is 0.625. The molecule has 0 unspecified atom stereocenters. The van der Waals surface area contributed by atoms with Crippen molar-refractivity contribution in [3.8, 4) is 0 Å². The lowest BCUT2D eigenvalue weighted by molar-refractivity contribution is 0.0884. The molecule has 2 aliphatic rings. The van der Waals surface area contributed by atoms with Gasteiger partial charge in [0.05, 0.1) is 5.69 Å². The van der Waals surface area contributed by atoms with Crippen LogP contribution in [0.15, 0.2) is 18.2 Å². The number of nitrogens with two attached hydrogens (primary N) is 1. The number of halogens is 1. The molecule has 1 aliphatic heterocycles. The molecular weight excluding hydrogens is 443 g/mol. The van der Waals surface area contributed by atoms with Crippen LogP contribution in [0.2, 0.25) is 0 Å². The van der Waals surface area contributed by atoms with E-state index >= 15 is 0 Å². The third-order valence-electron chi connectivity index (χ3n) is 7.68. The molecule has 1 saturated carbocycles. The van der Waals surface area contributed by atoms with Crippen molar-refractivity contribution in [2.75, 3.05) is 13.1 Å². The number of hydrogen-bond donors (Lipinski definition) is 2. The molecule has 33 heavy (non-hydrogen) atoms. The fourth-order valence-electron chi connectivity index (χ4n) is 5.87. The molecule has 9 heteroatoms. The third-order valence-corrected chi connectivity index (χ3v) is 8.13. The second-order valence-electron chi connectivity index (χ2n) is 9.87. The SMILES string of the molecule is CC(C)C1CCC(N2CCC(n3c(COS(N)(=O)=O)c(C=N)c4cc(F)ccc43)CC2)CC1. The number of rotatable bonds is 7. The summed E-state index contributed by atoms with van der Waals surface area (Å²) in [5.41, 5.74) is 1.82. The van der Waals surface area contributed by atoms with E-state index in [0.29, 0.717) is 22.7 Å². The van der Waals surface area contributed by atoms with Crippen LogP contribution in [0, 0.1) is 23.1 Å². The van der Waals surface area contributed by atoms with E-state index in [4.69, 9.17) is 14.7 Å². The highest BCUT2D eigenvalue weighted by atomic mass is 32.2. The van der Waals surface area contributed by atoms with Gasteiger partial charge in [-0.3, -0.25) is 4.18 Å². The third kappa shape index (κ3) is 5.31. The van der Waals surface area contributed by atoms with Crippen molar-refractivity contribution < 1.29 is 17.0 Å². The molecule has 0 amide bonds. The van der Waals surface area contributed by atoms with Crippen molar-refractivity contribution in [2.45, 2.75) is 71.1 Å². The van der Waals surface area contributed by atoms with Crippen LogP contribution in [-0.4, -0.2) is 43.2 Å². The monoisotopic (exact) mass is 478 g/mol. The summed E-state index contributed by atoms with van der Waals surface area (Å²) >= 11 is 0. The Hall–Kier alpha value is -1.81. The number of benzene rings is 1. The first-order valence-electron chi connectivity index (χ1n) is 11.9. The van der Waals surface area contributed by atoms with E-state index in [2.05, 4.69) is 18.7 Å². The summed E-state index contributed by atoms with van der Waals surface area (Å²) in [6.07, 6.45) is 8.06. The Labute approximate surface area is 195 Å². The molecule has 0 atom stereocenters. The van der Waals surface area contributed by atoms with Gasteiger partial charge < -0.3 is 14.9 Å². The summed E-state index contributed by atoms with van der Waals surface area (Å²) in [5, 5.41) is 13.6. The maximum absolute atomic E-state index is 14.0. The lowest BCUT2D eigenvalue weighted by Crippen LogP contribution is -2.44. The largest absolute Gasteiger partial charge is 0.339 e. The van der Waals surface area contributed by atoms with E-state index in [1.54, 1.807) is 6.07 Å². The molecule has 1 aromatic heterocycles. The van der Waals surface area contributed by atoms with E-state index in [-0.39, 0.29) is 12.6 Å². The van der Waals surface area contributed by atoms with Gasteiger partial charge in [-0.2, -0.15) is 8.42 Å². The minimum absolute atomic E-state index is 0.119. The summed E-state index contributed by atoms with van der Waals surface area (Å²) in [5.74, 6) is 1.20. The van der Waals surface area contributed by atoms with Gasteiger partial charge in [-0.15, -0.1) is 0 Å². The van der Waals surface area contributed by atoms with Crippen molar-refractivity contribution >= 4 is 27.4 Å². The summed E-state index contributed by atoms with van der Waals surface area (Å²) in [7, 11) is -4.15. The first-order chi connectivity index (χ1) is 15.7. The lowest BCUT2D eigenvalue weighted by atomic mass is 9.79. The van der Waals surface area contributed by atoms with Crippen molar-refractivity contribution in [3.05, 3.63) is 35.3 Å². The van der Waals surface area contributed by atoms with Gasteiger partial charge >= 0.3 is 10.3 Å². The predicted octanol–water partition coefficient (Wildman–Crippen LogP) is 4.35. The summed E-state index contributed by atoms with van der Waals surface area (Å²) in [6, 6.07) is 5.26. The predicted molar refractivity (Wildman–Crippen MR) is 128 cm³/mol. The van der Waals surface area contributed by atoms with Gasteiger partial charge in [0.2, 0.25) is 0 Å². The van der Waals surface area contributed by atoms with Gasteiger partial charge in [0.15, 0.2) is 0 Å². The Morgan fingerprint density at radius 3 is 2.39 bits per heavy atom. The van der Waals surface area contributed by atoms with Crippen LogP contribution < -0.4 is 5.14 Å². The topological polar surface area (TPSA) is 101 Å². The van der Waals surface area contributed by atoms with Gasteiger partial charge in [0.1, 0.15) is 12.4 Å². The number of nitrogens with one attached hydrogen (secondary N) is 1. The number of aromatic nitrogens is 1. The van der Waals surface area contributed by atoms with Gasteiger partial charge in [0.25, 0.3) is 0 Å². The lowest BCUT2D eigenvalue weighted by Gasteiger charge is -2.42. The van der Waals surface area contributed by atoms with Crippen LogP contribution in [0.25, 0.3) is 10.9 Å². The summed E-state index contributed by atoms with van der Waals surface area (Å²) < 4.78 is 43.9. The number of piperidine rings is 1. The maximum atomic E-state index is 14.0. The maximum Gasteiger partial charge on any atom is 0.333 e. The number of hydrogen-bond acceptors (Lipinski definition) is 5. The Kier molecular flexibility index (Phi) is 7.23. The van der Waals surface area contributed by atoms with Crippen molar-refractivity contribution in [2.24, 2.45) is 17.0 Å². The van der Waals surface area contributed by atoms with Crippen LogP contribution in [0.3, 0.4) is 0 Å². The standard InChI is InChI=1S/C24H35FN4O3S/c1-16(2)17-3-6-19(7-4-17)28-11-9-20(10-12-28)29-23-8-5-18(25)13-21(23)22(14-26)24(29)15-32-33(27,30)31/h5,8,13-14,16-17,19-20,26H,3-4,6-7,9-12,15H2,1-2H3,(H2,27,30,31). The number of likely N-dealkylation sites (tertiary alicyclic amines) is 1. The second kappa shape index (κ2) is 9.82. The average molecular weight is 479 g/mol. The molecule has 7 nitrogen and oxygen atoms in total. The number of nitrogens with zero attached hydrogens (tertiary/aromatic N) is 2. The summed E-state index contributed by atoms with van der Waals surface area (Å²) in [6.45, 7) is 6.31. The molecule has 1 saturated heterocycles. The molecule has 0 bridgehead atoms. The van der Waals surface area contributed by atoms with E-state index in [0.717, 1.165) is 49.5 Å². The molecule has 182 valence electrons. The molecule has 0 spiro atoms. The van der Waals surface area contributed by atoms with Gasteiger partial charge in [0, 0.05) is 47.9 Å². The van der Waals surface area contributed by atoms with Crippen LogP contribution in [0.5, 0.6) is 0 Å². The van der Waals surface area contributed by atoms with E-state index in [9.17, 15) is 12.8 Å². The zero-order valence-electron chi connectivity index (χ0n) is 19.5. The van der Waals surface area contributed by atoms with Gasteiger partial charge in [-0.05, 0) is 68.6 Å². The first-order valence-corrected chi connectivity index (χ1v) is 13.4. The van der Waals surface area contributed by atoms with Crippen LogP contribution in [0.1, 0.15) is 69.7 Å². The molecule has 2 heterocycles. The molecule has 2 aromatic rings. The van der Waals surface area contributed by atoms with E-state index < -0.39 is 16.1 Å². The van der Waals surface area contributed by atoms with Crippen LogP contribution >= 0.6 is 0 Å². The van der Waals surface area contributed by atoms with Gasteiger partial charge in [-0.25, -0.2) is 9.53 Å².